The van der Waals surface area contributed by atoms with Crippen LogP contribution in [0.1, 0.15) is 43.9 Å². The number of para-hydroxylation sites is 1. The van der Waals surface area contributed by atoms with Crippen LogP contribution in [0.25, 0.3) is 0 Å². The van der Waals surface area contributed by atoms with E-state index in [2.05, 4.69) is 21.2 Å². The monoisotopic (exact) mass is 627 g/mol. The van der Waals surface area contributed by atoms with E-state index in [-0.39, 0.29) is 24.9 Å². The van der Waals surface area contributed by atoms with Crippen molar-refractivity contribution in [3.05, 3.63) is 100 Å². The number of carbonyl (C=O) groups excluding carboxylic acids is 2. The number of nitrogens with zero attached hydrogens (tertiary/aromatic N) is 2. The van der Waals surface area contributed by atoms with Crippen molar-refractivity contribution in [1.82, 2.24) is 10.2 Å². The molecule has 0 aliphatic heterocycles. The number of rotatable bonds is 13. The summed E-state index contributed by atoms with van der Waals surface area (Å²) >= 11 is 3.45. The number of anilines is 1. The molecule has 0 spiro atoms. The Labute approximate surface area is 246 Å². The average Bonchev–Trinajstić information content (AvgIpc) is 2.94. The molecule has 0 aliphatic carbocycles. The van der Waals surface area contributed by atoms with Gasteiger partial charge in [-0.2, -0.15) is 0 Å². The van der Waals surface area contributed by atoms with Crippen molar-refractivity contribution >= 4 is 43.5 Å². The van der Waals surface area contributed by atoms with Crippen LogP contribution < -0.4 is 9.62 Å². The van der Waals surface area contributed by atoms with E-state index in [4.69, 9.17) is 0 Å². The number of sulfonamides is 1. The van der Waals surface area contributed by atoms with Crippen LogP contribution in [0, 0.1) is 0 Å². The first-order chi connectivity index (χ1) is 19.0. The summed E-state index contributed by atoms with van der Waals surface area (Å²) in [5.74, 6) is -0.733. The quantitative estimate of drug-likeness (QED) is 0.277. The van der Waals surface area contributed by atoms with Crippen LogP contribution >= 0.6 is 15.9 Å². The number of halogens is 1. The normalized spacial score (nSPS) is 12.8. The van der Waals surface area contributed by atoms with E-state index >= 15 is 0 Å². The van der Waals surface area contributed by atoms with E-state index in [1.807, 2.05) is 87.5 Å². The van der Waals surface area contributed by atoms with Gasteiger partial charge in [0.05, 0.1) is 11.9 Å². The molecule has 3 aromatic carbocycles. The molecular weight excluding hydrogens is 590 g/mol. The van der Waals surface area contributed by atoms with Crippen LogP contribution in [0.2, 0.25) is 0 Å². The summed E-state index contributed by atoms with van der Waals surface area (Å²) < 4.78 is 28.0. The Hall–Kier alpha value is -3.17. The van der Waals surface area contributed by atoms with Gasteiger partial charge < -0.3 is 10.2 Å². The summed E-state index contributed by atoms with van der Waals surface area (Å²) in [6.07, 6.45) is 2.73. The molecule has 0 unspecified atom stereocenters. The predicted octanol–water partition coefficient (Wildman–Crippen LogP) is 5.33. The van der Waals surface area contributed by atoms with Gasteiger partial charge >= 0.3 is 0 Å². The number of carbonyl (C=O) groups is 2. The third-order valence-electron chi connectivity index (χ3n) is 6.86. The minimum atomic E-state index is -3.81. The van der Waals surface area contributed by atoms with E-state index in [0.29, 0.717) is 12.1 Å². The van der Waals surface area contributed by atoms with Crippen molar-refractivity contribution < 1.29 is 18.0 Å². The highest BCUT2D eigenvalue weighted by atomic mass is 79.9. The van der Waals surface area contributed by atoms with E-state index < -0.39 is 28.5 Å². The van der Waals surface area contributed by atoms with Crippen molar-refractivity contribution in [2.24, 2.45) is 0 Å². The topological polar surface area (TPSA) is 86.8 Å². The first kappa shape index (κ1) is 31.4. The molecule has 3 aromatic rings. The summed E-state index contributed by atoms with van der Waals surface area (Å²) in [5, 5.41) is 3.04. The fourth-order valence-corrected chi connectivity index (χ4v) is 5.57. The lowest BCUT2D eigenvalue weighted by Crippen LogP contribution is -2.54. The molecule has 0 bridgehead atoms. The minimum Gasteiger partial charge on any atom is -0.352 e. The van der Waals surface area contributed by atoms with Crippen molar-refractivity contribution in [2.75, 3.05) is 17.1 Å². The van der Waals surface area contributed by atoms with Gasteiger partial charge in [0, 0.05) is 23.5 Å². The molecule has 0 radical (unpaired) electrons. The molecule has 2 atom stereocenters. The molecule has 0 aromatic heterocycles. The first-order valence-electron chi connectivity index (χ1n) is 13.5. The maximum absolute atomic E-state index is 14.2. The second-order valence-corrected chi connectivity index (χ2v) is 12.7. The molecule has 214 valence electrons. The van der Waals surface area contributed by atoms with Gasteiger partial charge in [0.1, 0.15) is 12.6 Å². The molecule has 9 heteroatoms. The van der Waals surface area contributed by atoms with Crippen LogP contribution in [0.4, 0.5) is 5.69 Å². The van der Waals surface area contributed by atoms with E-state index in [0.717, 1.165) is 38.1 Å². The molecule has 0 saturated carbocycles. The van der Waals surface area contributed by atoms with Crippen molar-refractivity contribution in [2.45, 2.75) is 58.7 Å². The SMILES string of the molecule is CCc1ccccc1N(CC(=O)N(Cc1ccc(Br)cc1)[C@H](Cc1ccccc1)C(=O)N[C@@H](C)CC)S(C)(=O)=O. The lowest BCUT2D eigenvalue weighted by Gasteiger charge is -2.34. The van der Waals surface area contributed by atoms with Gasteiger partial charge in [-0.05, 0) is 54.7 Å². The zero-order chi connectivity index (χ0) is 29.3. The Kier molecular flexibility index (Phi) is 11.3. The zero-order valence-electron chi connectivity index (χ0n) is 23.5. The van der Waals surface area contributed by atoms with Crippen molar-refractivity contribution in [1.29, 1.82) is 0 Å². The third-order valence-corrected chi connectivity index (χ3v) is 8.51. The molecule has 3 rings (SSSR count). The number of amides is 2. The maximum atomic E-state index is 14.2. The molecule has 0 aliphatic rings. The second-order valence-electron chi connectivity index (χ2n) is 9.92. The minimum absolute atomic E-state index is 0.0839. The molecule has 2 amide bonds. The Morgan fingerprint density at radius 2 is 1.52 bits per heavy atom. The highest BCUT2D eigenvalue weighted by Gasteiger charge is 2.33. The van der Waals surface area contributed by atoms with Crippen LogP contribution in [-0.4, -0.2) is 50.0 Å². The largest absolute Gasteiger partial charge is 0.352 e. The summed E-state index contributed by atoms with van der Waals surface area (Å²) in [6.45, 7) is 5.57. The highest BCUT2D eigenvalue weighted by Crippen LogP contribution is 2.25. The fourth-order valence-electron chi connectivity index (χ4n) is 4.43. The van der Waals surface area contributed by atoms with E-state index in [9.17, 15) is 18.0 Å². The van der Waals surface area contributed by atoms with Gasteiger partial charge in [-0.3, -0.25) is 13.9 Å². The van der Waals surface area contributed by atoms with Gasteiger partial charge in [0.25, 0.3) is 0 Å². The molecular formula is C31H38BrN3O4S. The summed E-state index contributed by atoms with van der Waals surface area (Å²) in [5.41, 5.74) is 3.01. The first-order valence-corrected chi connectivity index (χ1v) is 16.1. The number of benzene rings is 3. The summed E-state index contributed by atoms with van der Waals surface area (Å²) in [7, 11) is -3.81. The second kappa shape index (κ2) is 14.5. The molecule has 0 heterocycles. The Morgan fingerprint density at radius 1 is 0.900 bits per heavy atom. The smallest absolute Gasteiger partial charge is 0.244 e. The maximum Gasteiger partial charge on any atom is 0.244 e. The average molecular weight is 629 g/mol. The molecule has 0 fully saturated rings. The summed E-state index contributed by atoms with van der Waals surface area (Å²) in [6, 6.07) is 23.3. The van der Waals surface area contributed by atoms with E-state index in [1.54, 1.807) is 12.1 Å². The molecule has 7 nitrogen and oxygen atoms in total. The van der Waals surface area contributed by atoms with Gasteiger partial charge in [0.2, 0.25) is 21.8 Å². The van der Waals surface area contributed by atoms with Gasteiger partial charge in [0.15, 0.2) is 0 Å². The Balaban J connectivity index is 2.07. The van der Waals surface area contributed by atoms with Gasteiger partial charge in [-0.1, -0.05) is 90.4 Å². The van der Waals surface area contributed by atoms with E-state index in [1.165, 1.54) is 4.90 Å². The molecule has 40 heavy (non-hydrogen) atoms. The van der Waals surface area contributed by atoms with Gasteiger partial charge in [-0.15, -0.1) is 0 Å². The van der Waals surface area contributed by atoms with Crippen LogP contribution in [0.3, 0.4) is 0 Å². The Morgan fingerprint density at radius 3 is 2.12 bits per heavy atom. The number of aryl methyl sites for hydroxylation is 1. The summed E-state index contributed by atoms with van der Waals surface area (Å²) in [4.78, 5) is 29.4. The van der Waals surface area contributed by atoms with Gasteiger partial charge in [-0.25, -0.2) is 8.42 Å². The number of hydrogen-bond donors (Lipinski definition) is 1. The Bertz CT molecular complexity index is 1380. The standard InChI is InChI=1S/C31H38BrN3O4S/c1-5-23(3)33-31(37)29(20-24-12-8-7-9-13-24)34(21-25-16-18-27(32)19-17-25)30(36)22-35(40(4,38)39)28-15-11-10-14-26(28)6-2/h7-19,23,29H,5-6,20-22H2,1-4H3,(H,33,37)/t23-,29+/m0/s1. The lowest BCUT2D eigenvalue weighted by molar-refractivity contribution is -0.140. The van der Waals surface area contributed by atoms with Crippen LogP contribution in [0.15, 0.2) is 83.3 Å². The van der Waals surface area contributed by atoms with Crippen LogP contribution in [-0.2, 0) is 39.0 Å². The van der Waals surface area contributed by atoms with Crippen molar-refractivity contribution in [3.8, 4) is 0 Å². The number of hydrogen-bond acceptors (Lipinski definition) is 4. The van der Waals surface area contributed by atoms with Crippen LogP contribution in [0.5, 0.6) is 0 Å². The highest BCUT2D eigenvalue weighted by molar-refractivity contribution is 9.10. The molecule has 0 saturated heterocycles. The third kappa shape index (κ3) is 8.66. The fraction of sp³-hybridized carbons (Fsp3) is 0.355. The molecule has 1 N–H and O–H groups in total. The number of nitrogens with one attached hydrogen (secondary N) is 1. The zero-order valence-corrected chi connectivity index (χ0v) is 25.9. The van der Waals surface area contributed by atoms with Crippen molar-refractivity contribution in [3.63, 3.8) is 0 Å². The lowest BCUT2D eigenvalue weighted by atomic mass is 10.0. The predicted molar refractivity (Wildman–Crippen MR) is 165 cm³/mol.